The summed E-state index contributed by atoms with van der Waals surface area (Å²) in [5.41, 5.74) is 2.82. The molecule has 1 fully saturated rings. The fourth-order valence-electron chi connectivity index (χ4n) is 4.57. The van der Waals surface area contributed by atoms with Gasteiger partial charge in [0.25, 0.3) is 5.91 Å². The Morgan fingerprint density at radius 1 is 1.21 bits per heavy atom. The van der Waals surface area contributed by atoms with E-state index in [9.17, 15) is 4.79 Å². The Bertz CT molecular complexity index is 1030. The number of aromatic nitrogens is 2. The molecule has 0 N–H and O–H groups in total. The van der Waals surface area contributed by atoms with Crippen molar-refractivity contribution in [2.75, 3.05) is 20.2 Å². The highest BCUT2D eigenvalue weighted by molar-refractivity contribution is 7.09. The van der Waals surface area contributed by atoms with Crippen LogP contribution >= 0.6 is 11.3 Å². The highest BCUT2D eigenvalue weighted by Gasteiger charge is 2.29. The Kier molecular flexibility index (Phi) is 7.83. The molecule has 3 heterocycles. The van der Waals surface area contributed by atoms with Gasteiger partial charge in [-0.25, -0.2) is 0 Å². The van der Waals surface area contributed by atoms with Crippen LogP contribution in [0.25, 0.3) is 0 Å². The largest absolute Gasteiger partial charge is 0.494 e. The van der Waals surface area contributed by atoms with Gasteiger partial charge in [-0.05, 0) is 68.4 Å². The van der Waals surface area contributed by atoms with Crippen LogP contribution in [-0.4, -0.2) is 51.7 Å². The molecule has 0 spiro atoms. The van der Waals surface area contributed by atoms with Gasteiger partial charge >= 0.3 is 0 Å². The van der Waals surface area contributed by atoms with Gasteiger partial charge in [-0.3, -0.25) is 14.4 Å². The Balaban J connectivity index is 1.27. The smallest absolute Gasteiger partial charge is 0.272 e. The molecule has 0 radical (unpaired) electrons. The number of piperidine rings is 1. The zero-order chi connectivity index (χ0) is 23.2. The molecule has 176 valence electrons. The van der Waals surface area contributed by atoms with Crippen molar-refractivity contribution in [1.29, 1.82) is 0 Å². The highest BCUT2D eigenvalue weighted by atomic mass is 32.1. The van der Waals surface area contributed by atoms with Gasteiger partial charge in [0.1, 0.15) is 11.4 Å². The van der Waals surface area contributed by atoms with Gasteiger partial charge in [-0.15, -0.1) is 11.3 Å². The summed E-state index contributed by atoms with van der Waals surface area (Å²) in [6.45, 7) is 5.21. The molecule has 6 nitrogen and oxygen atoms in total. The lowest BCUT2D eigenvalue weighted by molar-refractivity contribution is 0.0569. The minimum atomic E-state index is 0.0822. The molecule has 1 aromatic carbocycles. The molecule has 1 aliphatic heterocycles. The van der Waals surface area contributed by atoms with Gasteiger partial charge in [0, 0.05) is 44.0 Å². The van der Waals surface area contributed by atoms with Crippen LogP contribution in [-0.2, 0) is 20.1 Å². The first-order valence-corrected chi connectivity index (χ1v) is 12.6. The third-order valence-electron chi connectivity index (χ3n) is 6.21. The monoisotopic (exact) mass is 466 g/mol. The predicted molar refractivity (Wildman–Crippen MR) is 133 cm³/mol. The van der Waals surface area contributed by atoms with Crippen LogP contribution < -0.4 is 4.74 Å². The van der Waals surface area contributed by atoms with Crippen LogP contribution in [0.2, 0.25) is 0 Å². The molecule has 0 aliphatic carbocycles. The highest BCUT2D eigenvalue weighted by Crippen LogP contribution is 2.23. The van der Waals surface area contributed by atoms with E-state index in [1.807, 2.05) is 24.9 Å². The summed E-state index contributed by atoms with van der Waals surface area (Å²) in [7, 11) is 3.99. The van der Waals surface area contributed by atoms with E-state index in [2.05, 4.69) is 58.8 Å². The second-order valence-corrected chi connectivity index (χ2v) is 10.0. The van der Waals surface area contributed by atoms with Gasteiger partial charge in [0.2, 0.25) is 0 Å². The number of nitrogens with zero attached hydrogens (tertiary/aromatic N) is 4. The van der Waals surface area contributed by atoms with E-state index in [1.54, 1.807) is 16.0 Å². The van der Waals surface area contributed by atoms with Crippen LogP contribution in [0.5, 0.6) is 5.75 Å². The molecular weight excluding hydrogens is 432 g/mol. The predicted octanol–water partition coefficient (Wildman–Crippen LogP) is 4.89. The maximum absolute atomic E-state index is 13.1. The molecule has 3 aromatic rings. The minimum absolute atomic E-state index is 0.0822. The zero-order valence-electron chi connectivity index (χ0n) is 19.9. The standard InChI is InChI=1S/C26H34N4O2S/c1-20-17-25(29(3)27-20)26(31)30-14-5-4-7-22(30)13-15-32-23-11-9-21(10-12-23)18-28(2)19-24-8-6-16-33-24/h6,8-12,16-17,22H,4-5,7,13-15,18-19H2,1-3H3. The summed E-state index contributed by atoms with van der Waals surface area (Å²) in [6.07, 6.45) is 4.09. The number of carbonyl (C=O) groups is 1. The van der Waals surface area contributed by atoms with Crippen LogP contribution in [0.3, 0.4) is 0 Å². The average molecular weight is 467 g/mol. The number of ether oxygens (including phenoxy) is 1. The first-order chi connectivity index (χ1) is 16.0. The minimum Gasteiger partial charge on any atom is -0.494 e. The molecule has 0 saturated carbocycles. The van der Waals surface area contributed by atoms with Crippen LogP contribution in [0.1, 0.15) is 52.3 Å². The number of aryl methyl sites for hydroxylation is 2. The summed E-state index contributed by atoms with van der Waals surface area (Å²) in [5.74, 6) is 0.967. The SMILES string of the molecule is Cc1cc(C(=O)N2CCCCC2CCOc2ccc(CN(C)Cc3cccs3)cc2)n(C)n1. The third-order valence-corrected chi connectivity index (χ3v) is 7.07. The molecule has 1 amide bonds. The molecule has 1 aliphatic rings. The van der Waals surface area contributed by atoms with Crippen molar-refractivity contribution in [3.05, 3.63) is 69.7 Å². The van der Waals surface area contributed by atoms with Crippen molar-refractivity contribution in [2.45, 2.75) is 51.7 Å². The second kappa shape index (κ2) is 11.0. The molecular formula is C26H34N4O2S. The lowest BCUT2D eigenvalue weighted by atomic mass is 9.99. The summed E-state index contributed by atoms with van der Waals surface area (Å²) in [5, 5.41) is 6.46. The number of likely N-dealkylation sites (tertiary alicyclic amines) is 1. The van der Waals surface area contributed by atoms with Crippen molar-refractivity contribution in [3.63, 3.8) is 0 Å². The van der Waals surface area contributed by atoms with E-state index in [1.165, 1.54) is 10.4 Å². The third kappa shape index (κ3) is 6.24. The number of amides is 1. The molecule has 2 aromatic heterocycles. The van der Waals surface area contributed by atoms with E-state index in [0.29, 0.717) is 12.3 Å². The van der Waals surface area contributed by atoms with E-state index < -0.39 is 0 Å². The molecule has 33 heavy (non-hydrogen) atoms. The topological polar surface area (TPSA) is 50.6 Å². The lowest BCUT2D eigenvalue weighted by Crippen LogP contribution is -2.45. The van der Waals surface area contributed by atoms with Crippen molar-refractivity contribution >= 4 is 17.2 Å². The van der Waals surface area contributed by atoms with Crippen molar-refractivity contribution in [3.8, 4) is 5.75 Å². The number of thiophene rings is 1. The van der Waals surface area contributed by atoms with Crippen LogP contribution in [0, 0.1) is 6.92 Å². The molecule has 1 atom stereocenters. The average Bonchev–Trinajstić information content (AvgIpc) is 3.43. The number of benzene rings is 1. The molecule has 7 heteroatoms. The van der Waals surface area contributed by atoms with E-state index in [-0.39, 0.29) is 11.9 Å². The summed E-state index contributed by atoms with van der Waals surface area (Å²) >= 11 is 1.80. The summed E-state index contributed by atoms with van der Waals surface area (Å²) in [4.78, 5) is 18.8. The van der Waals surface area contributed by atoms with E-state index in [4.69, 9.17) is 4.74 Å². The molecule has 1 saturated heterocycles. The van der Waals surface area contributed by atoms with Gasteiger partial charge in [-0.2, -0.15) is 5.10 Å². The van der Waals surface area contributed by atoms with Gasteiger partial charge in [0.15, 0.2) is 0 Å². The number of carbonyl (C=O) groups excluding carboxylic acids is 1. The molecule has 4 rings (SSSR count). The van der Waals surface area contributed by atoms with Crippen molar-refractivity contribution < 1.29 is 9.53 Å². The molecule has 0 bridgehead atoms. The Labute approximate surface area is 200 Å². The number of hydrogen-bond acceptors (Lipinski definition) is 5. The van der Waals surface area contributed by atoms with Gasteiger partial charge in [0.05, 0.1) is 12.3 Å². The van der Waals surface area contributed by atoms with Crippen LogP contribution in [0.4, 0.5) is 0 Å². The normalized spacial score (nSPS) is 16.4. The van der Waals surface area contributed by atoms with Gasteiger partial charge < -0.3 is 9.64 Å². The summed E-state index contributed by atoms with van der Waals surface area (Å²) in [6, 6.07) is 14.8. The first-order valence-electron chi connectivity index (χ1n) is 11.7. The second-order valence-electron chi connectivity index (χ2n) is 8.98. The van der Waals surface area contributed by atoms with Gasteiger partial charge in [-0.1, -0.05) is 18.2 Å². The zero-order valence-corrected chi connectivity index (χ0v) is 20.7. The first kappa shape index (κ1) is 23.5. The maximum Gasteiger partial charge on any atom is 0.272 e. The van der Waals surface area contributed by atoms with E-state index in [0.717, 1.165) is 56.8 Å². The Morgan fingerprint density at radius 3 is 2.73 bits per heavy atom. The van der Waals surface area contributed by atoms with E-state index >= 15 is 0 Å². The molecule has 1 unspecified atom stereocenters. The quantitative estimate of drug-likeness (QED) is 0.451. The Morgan fingerprint density at radius 2 is 2.03 bits per heavy atom. The number of rotatable bonds is 9. The van der Waals surface area contributed by atoms with Crippen molar-refractivity contribution in [2.24, 2.45) is 7.05 Å². The Hall–Kier alpha value is -2.64. The van der Waals surface area contributed by atoms with Crippen molar-refractivity contribution in [1.82, 2.24) is 19.6 Å². The summed E-state index contributed by atoms with van der Waals surface area (Å²) < 4.78 is 7.74. The number of hydrogen-bond donors (Lipinski definition) is 0. The lowest BCUT2D eigenvalue weighted by Gasteiger charge is -2.35. The fraction of sp³-hybridized carbons (Fsp3) is 0.462. The fourth-order valence-corrected chi connectivity index (χ4v) is 5.35. The maximum atomic E-state index is 13.1. The van der Waals surface area contributed by atoms with Crippen LogP contribution in [0.15, 0.2) is 47.8 Å².